The first-order chi connectivity index (χ1) is 12.6. The second kappa shape index (κ2) is 6.51. The molecule has 1 aliphatic carbocycles. The van der Waals surface area contributed by atoms with Gasteiger partial charge in [-0.1, -0.05) is 36.1 Å². The lowest BCUT2D eigenvalue weighted by atomic mass is 10.1. The number of hydrogen-bond acceptors (Lipinski definition) is 5. The SMILES string of the molecule is C=C1C=C(Cn2cc(CCC(=O)c3n[nH]c4ccccc34)nn2)C(=O)C1. The smallest absolute Gasteiger partial charge is 0.184 e. The maximum atomic E-state index is 12.5. The van der Waals surface area contributed by atoms with Gasteiger partial charge in [0, 0.05) is 36.4 Å². The zero-order valence-electron chi connectivity index (χ0n) is 14.1. The number of aromatic nitrogens is 5. The summed E-state index contributed by atoms with van der Waals surface area (Å²) in [5, 5.41) is 16.0. The lowest BCUT2D eigenvalue weighted by Crippen LogP contribution is -2.06. The van der Waals surface area contributed by atoms with Crippen molar-refractivity contribution in [1.29, 1.82) is 0 Å². The minimum atomic E-state index is -0.0398. The normalized spacial score (nSPS) is 14.2. The summed E-state index contributed by atoms with van der Waals surface area (Å²) in [6.07, 6.45) is 4.72. The van der Waals surface area contributed by atoms with Crippen LogP contribution in [0.1, 0.15) is 29.0 Å². The minimum Gasteiger partial charge on any atom is -0.294 e. The van der Waals surface area contributed by atoms with E-state index in [2.05, 4.69) is 27.1 Å². The van der Waals surface area contributed by atoms with E-state index in [-0.39, 0.29) is 11.6 Å². The molecule has 0 amide bonds. The largest absolute Gasteiger partial charge is 0.294 e. The summed E-state index contributed by atoms with van der Waals surface area (Å²) < 4.78 is 1.62. The van der Waals surface area contributed by atoms with E-state index in [1.54, 1.807) is 17.0 Å². The van der Waals surface area contributed by atoms with E-state index < -0.39 is 0 Å². The van der Waals surface area contributed by atoms with Gasteiger partial charge in [0.1, 0.15) is 5.69 Å². The van der Waals surface area contributed by atoms with Gasteiger partial charge in [-0.15, -0.1) is 5.10 Å². The second-order valence-corrected chi connectivity index (χ2v) is 6.38. The average Bonchev–Trinajstić information content (AvgIpc) is 3.32. The first kappa shape index (κ1) is 16.1. The molecule has 1 N–H and O–H groups in total. The summed E-state index contributed by atoms with van der Waals surface area (Å²) >= 11 is 0. The number of benzene rings is 1. The van der Waals surface area contributed by atoms with Crippen LogP contribution in [-0.2, 0) is 17.8 Å². The monoisotopic (exact) mass is 347 g/mol. The Hall–Kier alpha value is -3.35. The number of rotatable bonds is 6. The topological polar surface area (TPSA) is 93.5 Å². The molecule has 7 heteroatoms. The molecule has 0 fully saturated rings. The highest BCUT2D eigenvalue weighted by molar-refractivity contribution is 6.05. The third kappa shape index (κ3) is 3.11. The number of ketones is 2. The molecule has 0 atom stereocenters. The van der Waals surface area contributed by atoms with Crippen molar-refractivity contribution in [3.05, 3.63) is 65.7 Å². The van der Waals surface area contributed by atoms with Crippen molar-refractivity contribution in [2.45, 2.75) is 25.8 Å². The fraction of sp³-hybridized carbons (Fsp3) is 0.211. The van der Waals surface area contributed by atoms with Gasteiger partial charge in [-0.05, 0) is 11.6 Å². The van der Waals surface area contributed by atoms with Gasteiger partial charge >= 0.3 is 0 Å². The molecular weight excluding hydrogens is 330 g/mol. The number of carbonyl (C=O) groups excluding carboxylic acids is 2. The van der Waals surface area contributed by atoms with E-state index in [0.717, 1.165) is 16.5 Å². The van der Waals surface area contributed by atoms with Crippen molar-refractivity contribution in [2.24, 2.45) is 0 Å². The number of fused-ring (bicyclic) bond motifs is 1. The minimum absolute atomic E-state index is 0.0398. The molecule has 1 aromatic carbocycles. The van der Waals surface area contributed by atoms with Crippen molar-refractivity contribution in [2.75, 3.05) is 0 Å². The number of para-hydroxylation sites is 1. The number of Topliss-reactive ketones (excluding diaryl/α,β-unsaturated/α-hetero) is 2. The van der Waals surface area contributed by atoms with Gasteiger partial charge in [-0.3, -0.25) is 14.7 Å². The van der Waals surface area contributed by atoms with Crippen molar-refractivity contribution >= 4 is 22.5 Å². The number of allylic oxidation sites excluding steroid dienone is 3. The lowest BCUT2D eigenvalue weighted by molar-refractivity contribution is -0.114. The van der Waals surface area contributed by atoms with Crippen LogP contribution in [-0.4, -0.2) is 36.8 Å². The van der Waals surface area contributed by atoms with Crippen LogP contribution >= 0.6 is 0 Å². The van der Waals surface area contributed by atoms with Crippen LogP contribution in [0, 0.1) is 0 Å². The second-order valence-electron chi connectivity index (χ2n) is 6.38. The van der Waals surface area contributed by atoms with Crippen molar-refractivity contribution in [1.82, 2.24) is 25.2 Å². The molecule has 0 bridgehead atoms. The van der Waals surface area contributed by atoms with Gasteiger partial charge < -0.3 is 0 Å². The number of nitrogens with one attached hydrogen (secondary N) is 1. The number of carbonyl (C=O) groups is 2. The molecule has 0 radical (unpaired) electrons. The van der Waals surface area contributed by atoms with Gasteiger partial charge in [-0.25, -0.2) is 4.68 Å². The summed E-state index contributed by atoms with van der Waals surface area (Å²) in [6.45, 7) is 4.19. The van der Waals surface area contributed by atoms with Crippen LogP contribution in [0.3, 0.4) is 0 Å². The Labute approximate surface area is 149 Å². The first-order valence-corrected chi connectivity index (χ1v) is 8.37. The standard InChI is InChI=1S/C19H17N5O2/c1-12-8-13(18(26)9-12)10-24-11-14(20-23-24)6-7-17(25)19-15-4-2-3-5-16(15)21-22-19/h2-5,8,11H,1,6-7,9-10H2,(H,21,22). The molecule has 3 aromatic rings. The van der Waals surface area contributed by atoms with Gasteiger partial charge in [-0.2, -0.15) is 5.10 Å². The Morgan fingerprint density at radius 1 is 1.31 bits per heavy atom. The average molecular weight is 347 g/mol. The number of hydrogen-bond donors (Lipinski definition) is 1. The van der Waals surface area contributed by atoms with E-state index in [0.29, 0.717) is 42.8 Å². The summed E-state index contributed by atoms with van der Waals surface area (Å²) in [5.41, 5.74) is 3.52. The highest BCUT2D eigenvalue weighted by Crippen LogP contribution is 2.20. The zero-order valence-corrected chi connectivity index (χ0v) is 14.1. The summed E-state index contributed by atoms with van der Waals surface area (Å²) in [5.74, 6) is 0.0367. The quantitative estimate of drug-likeness (QED) is 0.691. The molecule has 1 aliphatic rings. The molecule has 0 saturated carbocycles. The Morgan fingerprint density at radius 2 is 2.15 bits per heavy atom. The van der Waals surface area contributed by atoms with Crippen LogP contribution in [0.25, 0.3) is 10.9 Å². The number of aromatic amines is 1. The predicted molar refractivity (Wildman–Crippen MR) is 95.6 cm³/mol. The summed E-state index contributed by atoms with van der Waals surface area (Å²) in [4.78, 5) is 24.3. The third-order valence-corrected chi connectivity index (χ3v) is 4.39. The Kier molecular flexibility index (Phi) is 4.04. The number of H-pyrrole nitrogens is 1. The maximum Gasteiger partial charge on any atom is 0.184 e. The molecule has 0 unspecified atom stereocenters. The van der Waals surface area contributed by atoms with E-state index in [1.165, 1.54) is 0 Å². The summed E-state index contributed by atoms with van der Waals surface area (Å²) in [7, 11) is 0. The Balaban J connectivity index is 1.40. The molecule has 2 aromatic heterocycles. The fourth-order valence-electron chi connectivity index (χ4n) is 3.07. The van der Waals surface area contributed by atoms with E-state index in [9.17, 15) is 9.59 Å². The molecule has 7 nitrogen and oxygen atoms in total. The van der Waals surface area contributed by atoms with Gasteiger partial charge in [0.2, 0.25) is 0 Å². The predicted octanol–water partition coefficient (Wildman–Crippen LogP) is 2.43. The number of aryl methyl sites for hydroxylation is 1. The van der Waals surface area contributed by atoms with Crippen molar-refractivity contribution in [3.63, 3.8) is 0 Å². The Bertz CT molecular complexity index is 1060. The van der Waals surface area contributed by atoms with E-state index in [1.807, 2.05) is 24.3 Å². The fourth-order valence-corrected chi connectivity index (χ4v) is 3.07. The molecule has 2 heterocycles. The molecule has 0 aliphatic heterocycles. The van der Waals surface area contributed by atoms with Gasteiger partial charge in [0.25, 0.3) is 0 Å². The van der Waals surface area contributed by atoms with Crippen molar-refractivity contribution < 1.29 is 9.59 Å². The molecule has 4 rings (SSSR count). The summed E-state index contributed by atoms with van der Waals surface area (Å²) in [6, 6.07) is 7.54. The van der Waals surface area contributed by atoms with Crippen molar-refractivity contribution in [3.8, 4) is 0 Å². The number of nitrogens with zero attached hydrogens (tertiary/aromatic N) is 4. The third-order valence-electron chi connectivity index (χ3n) is 4.39. The Morgan fingerprint density at radius 3 is 2.96 bits per heavy atom. The lowest BCUT2D eigenvalue weighted by Gasteiger charge is -1.99. The molecule has 130 valence electrons. The molecular formula is C19H17N5O2. The van der Waals surface area contributed by atoms with Gasteiger partial charge in [0.15, 0.2) is 11.6 Å². The van der Waals surface area contributed by atoms with E-state index in [4.69, 9.17) is 0 Å². The highest BCUT2D eigenvalue weighted by atomic mass is 16.1. The van der Waals surface area contributed by atoms with Crippen LogP contribution in [0.15, 0.2) is 54.3 Å². The van der Waals surface area contributed by atoms with Crippen LogP contribution in [0.4, 0.5) is 0 Å². The van der Waals surface area contributed by atoms with Gasteiger partial charge in [0.05, 0.1) is 17.8 Å². The van der Waals surface area contributed by atoms with Crippen LogP contribution < -0.4 is 0 Å². The first-order valence-electron chi connectivity index (χ1n) is 8.37. The van der Waals surface area contributed by atoms with Crippen LogP contribution in [0.2, 0.25) is 0 Å². The maximum absolute atomic E-state index is 12.5. The molecule has 0 saturated heterocycles. The zero-order chi connectivity index (χ0) is 18.1. The van der Waals surface area contributed by atoms with E-state index >= 15 is 0 Å². The highest BCUT2D eigenvalue weighted by Gasteiger charge is 2.19. The molecule has 26 heavy (non-hydrogen) atoms. The van der Waals surface area contributed by atoms with Crippen LogP contribution in [0.5, 0.6) is 0 Å². The molecule has 0 spiro atoms.